The predicted molar refractivity (Wildman–Crippen MR) is 81.6 cm³/mol. The molecule has 0 aliphatic carbocycles. The van der Waals surface area contributed by atoms with Crippen molar-refractivity contribution in [2.45, 2.75) is 58.7 Å². The Labute approximate surface area is 121 Å². The van der Waals surface area contributed by atoms with Crippen LogP contribution in [0.25, 0.3) is 0 Å². The van der Waals surface area contributed by atoms with Crippen molar-refractivity contribution in [3.05, 3.63) is 29.8 Å². The molecule has 3 N–H and O–H groups in total. The highest BCUT2D eigenvalue weighted by atomic mass is 16.5. The molecule has 0 saturated carbocycles. The van der Waals surface area contributed by atoms with Crippen LogP contribution >= 0.6 is 0 Å². The van der Waals surface area contributed by atoms with Gasteiger partial charge in [-0.2, -0.15) is 0 Å². The summed E-state index contributed by atoms with van der Waals surface area (Å²) in [6.45, 7) is 7.82. The number of hydrogen-bond donors (Lipinski definition) is 2. The second kappa shape index (κ2) is 7.90. The van der Waals surface area contributed by atoms with Crippen LogP contribution in [0.15, 0.2) is 24.3 Å². The number of nitrogens with one attached hydrogen (secondary N) is 1. The molecule has 1 rings (SSSR count). The van der Waals surface area contributed by atoms with Gasteiger partial charge >= 0.3 is 0 Å². The van der Waals surface area contributed by atoms with Gasteiger partial charge in [-0.1, -0.05) is 26.0 Å². The Kier molecular flexibility index (Phi) is 6.52. The van der Waals surface area contributed by atoms with E-state index in [1.807, 2.05) is 38.1 Å². The monoisotopic (exact) mass is 278 g/mol. The van der Waals surface area contributed by atoms with Gasteiger partial charge in [-0.05, 0) is 44.4 Å². The summed E-state index contributed by atoms with van der Waals surface area (Å²) < 4.78 is 5.64. The first-order valence-electron chi connectivity index (χ1n) is 7.30. The Morgan fingerprint density at radius 3 is 2.30 bits per heavy atom. The van der Waals surface area contributed by atoms with Gasteiger partial charge in [0.2, 0.25) is 0 Å². The van der Waals surface area contributed by atoms with Gasteiger partial charge in [-0.3, -0.25) is 4.79 Å². The third-order valence-electron chi connectivity index (χ3n) is 3.43. The molecule has 3 atom stereocenters. The number of nitrogens with two attached hydrogens (primary N) is 1. The molecular formula is C16H26N2O2. The summed E-state index contributed by atoms with van der Waals surface area (Å²) >= 11 is 0. The molecule has 0 fully saturated rings. The van der Waals surface area contributed by atoms with Gasteiger partial charge in [0.25, 0.3) is 5.91 Å². The smallest absolute Gasteiger partial charge is 0.260 e. The number of rotatable bonds is 7. The van der Waals surface area contributed by atoms with Crippen LogP contribution in [-0.4, -0.2) is 18.1 Å². The third kappa shape index (κ3) is 4.85. The van der Waals surface area contributed by atoms with E-state index in [4.69, 9.17) is 10.5 Å². The minimum absolute atomic E-state index is 0.0511. The highest BCUT2D eigenvalue weighted by molar-refractivity contribution is 5.80. The standard InChI is InChI=1S/C16H26N2O2/c1-5-11(3)18-16(19)12(4)20-14-9-7-13(8-10-14)15(17)6-2/h7-12,15H,5-6,17H2,1-4H3,(H,18,19)/t11?,12?,15-/m0/s1. The minimum Gasteiger partial charge on any atom is -0.481 e. The van der Waals surface area contributed by atoms with E-state index in [0.717, 1.165) is 18.4 Å². The molecule has 0 saturated heterocycles. The summed E-state index contributed by atoms with van der Waals surface area (Å²) in [5, 5.41) is 2.90. The first-order chi connectivity index (χ1) is 9.47. The van der Waals surface area contributed by atoms with Crippen LogP contribution in [0.5, 0.6) is 5.75 Å². The van der Waals surface area contributed by atoms with Crippen molar-refractivity contribution >= 4 is 5.91 Å². The second-order valence-corrected chi connectivity index (χ2v) is 5.16. The molecule has 0 heterocycles. The van der Waals surface area contributed by atoms with Crippen LogP contribution in [-0.2, 0) is 4.79 Å². The van der Waals surface area contributed by atoms with Crippen LogP contribution in [0.3, 0.4) is 0 Å². The van der Waals surface area contributed by atoms with E-state index in [9.17, 15) is 4.79 Å². The first kappa shape index (κ1) is 16.5. The van der Waals surface area contributed by atoms with Crippen molar-refractivity contribution in [3.8, 4) is 5.75 Å². The van der Waals surface area contributed by atoms with Crippen LogP contribution in [0.1, 0.15) is 52.1 Å². The van der Waals surface area contributed by atoms with Gasteiger partial charge in [0.05, 0.1) is 0 Å². The maximum atomic E-state index is 11.9. The van der Waals surface area contributed by atoms with Gasteiger partial charge in [0.1, 0.15) is 5.75 Å². The molecule has 1 aromatic carbocycles. The van der Waals surface area contributed by atoms with Gasteiger partial charge < -0.3 is 15.8 Å². The van der Waals surface area contributed by atoms with Gasteiger partial charge in [-0.25, -0.2) is 0 Å². The Hall–Kier alpha value is -1.55. The number of amides is 1. The predicted octanol–water partition coefficient (Wildman–Crippen LogP) is 2.78. The molecule has 0 aliphatic rings. The molecule has 2 unspecified atom stereocenters. The number of carbonyl (C=O) groups excluding carboxylic acids is 1. The maximum Gasteiger partial charge on any atom is 0.260 e. The average Bonchev–Trinajstić information content (AvgIpc) is 2.46. The molecule has 0 aromatic heterocycles. The summed E-state index contributed by atoms with van der Waals surface area (Å²) in [6.07, 6.45) is 1.30. The quantitative estimate of drug-likeness (QED) is 0.806. The number of ether oxygens (including phenoxy) is 1. The van der Waals surface area contributed by atoms with E-state index in [1.54, 1.807) is 6.92 Å². The van der Waals surface area contributed by atoms with E-state index < -0.39 is 6.10 Å². The van der Waals surface area contributed by atoms with Crippen molar-refractivity contribution in [1.82, 2.24) is 5.32 Å². The zero-order chi connectivity index (χ0) is 15.1. The molecule has 0 bridgehead atoms. The van der Waals surface area contributed by atoms with Crippen molar-refractivity contribution < 1.29 is 9.53 Å². The van der Waals surface area contributed by atoms with Crippen LogP contribution < -0.4 is 15.8 Å². The van der Waals surface area contributed by atoms with E-state index in [1.165, 1.54) is 0 Å². The molecule has 1 amide bonds. The number of benzene rings is 1. The molecule has 20 heavy (non-hydrogen) atoms. The topological polar surface area (TPSA) is 64.3 Å². The summed E-state index contributed by atoms with van der Waals surface area (Å²) in [5.74, 6) is 0.595. The SMILES string of the molecule is CCC(C)NC(=O)C(C)Oc1ccc([C@@H](N)CC)cc1. The summed E-state index contributed by atoms with van der Waals surface area (Å²) in [5.41, 5.74) is 7.04. The van der Waals surface area contributed by atoms with Gasteiger partial charge in [0, 0.05) is 12.1 Å². The van der Waals surface area contributed by atoms with Gasteiger partial charge in [-0.15, -0.1) is 0 Å². The van der Waals surface area contributed by atoms with Crippen molar-refractivity contribution in [2.75, 3.05) is 0 Å². The lowest BCUT2D eigenvalue weighted by Crippen LogP contribution is -2.40. The zero-order valence-electron chi connectivity index (χ0n) is 12.8. The Bertz CT molecular complexity index is 417. The molecule has 0 radical (unpaired) electrons. The molecule has 4 heteroatoms. The van der Waals surface area contributed by atoms with Crippen LogP contribution in [0.4, 0.5) is 0 Å². The Morgan fingerprint density at radius 2 is 1.80 bits per heavy atom. The lowest BCUT2D eigenvalue weighted by Gasteiger charge is -2.18. The zero-order valence-corrected chi connectivity index (χ0v) is 12.8. The largest absolute Gasteiger partial charge is 0.481 e. The average molecular weight is 278 g/mol. The van der Waals surface area contributed by atoms with E-state index in [-0.39, 0.29) is 18.0 Å². The van der Waals surface area contributed by atoms with Crippen LogP contribution in [0.2, 0.25) is 0 Å². The summed E-state index contributed by atoms with van der Waals surface area (Å²) in [4.78, 5) is 11.9. The normalized spacial score (nSPS) is 15.2. The molecular weight excluding hydrogens is 252 g/mol. The Morgan fingerprint density at radius 1 is 1.20 bits per heavy atom. The van der Waals surface area contributed by atoms with E-state index in [2.05, 4.69) is 12.2 Å². The third-order valence-corrected chi connectivity index (χ3v) is 3.43. The first-order valence-corrected chi connectivity index (χ1v) is 7.30. The number of carbonyl (C=O) groups is 1. The second-order valence-electron chi connectivity index (χ2n) is 5.16. The van der Waals surface area contributed by atoms with Crippen LogP contribution in [0, 0.1) is 0 Å². The summed E-state index contributed by atoms with van der Waals surface area (Å²) in [7, 11) is 0. The van der Waals surface area contributed by atoms with Crippen molar-refractivity contribution in [2.24, 2.45) is 5.73 Å². The molecule has 1 aromatic rings. The van der Waals surface area contributed by atoms with Crippen molar-refractivity contribution in [1.29, 1.82) is 0 Å². The van der Waals surface area contributed by atoms with Gasteiger partial charge in [0.15, 0.2) is 6.10 Å². The maximum absolute atomic E-state index is 11.9. The lowest BCUT2D eigenvalue weighted by molar-refractivity contribution is -0.127. The van der Waals surface area contributed by atoms with E-state index in [0.29, 0.717) is 5.75 Å². The fourth-order valence-electron chi connectivity index (χ4n) is 1.75. The fourth-order valence-corrected chi connectivity index (χ4v) is 1.75. The fraction of sp³-hybridized carbons (Fsp3) is 0.562. The highest BCUT2D eigenvalue weighted by Gasteiger charge is 2.16. The minimum atomic E-state index is -0.505. The summed E-state index contributed by atoms with van der Waals surface area (Å²) in [6, 6.07) is 7.83. The molecule has 4 nitrogen and oxygen atoms in total. The Balaban J connectivity index is 2.57. The molecule has 0 aliphatic heterocycles. The highest BCUT2D eigenvalue weighted by Crippen LogP contribution is 2.19. The van der Waals surface area contributed by atoms with E-state index >= 15 is 0 Å². The molecule has 112 valence electrons. The molecule has 0 spiro atoms. The van der Waals surface area contributed by atoms with Crippen molar-refractivity contribution in [3.63, 3.8) is 0 Å². The number of hydrogen-bond acceptors (Lipinski definition) is 3. The lowest BCUT2D eigenvalue weighted by atomic mass is 10.1.